The van der Waals surface area contributed by atoms with Gasteiger partial charge in [-0.15, -0.1) is 0 Å². The largest absolute Gasteiger partial charge is 0.322 e. The molecule has 4 rings (SSSR count). The van der Waals surface area contributed by atoms with Gasteiger partial charge in [-0.25, -0.2) is 9.97 Å². The van der Waals surface area contributed by atoms with Crippen molar-refractivity contribution in [2.24, 2.45) is 0 Å². The van der Waals surface area contributed by atoms with Crippen molar-refractivity contribution in [2.45, 2.75) is 0 Å². The molecule has 0 radical (unpaired) electrons. The number of fused-ring (bicyclic) bond motifs is 1. The van der Waals surface area contributed by atoms with Crippen LogP contribution in [-0.2, 0) is 4.79 Å². The van der Waals surface area contributed by atoms with Crippen LogP contribution in [0.5, 0.6) is 0 Å². The average Bonchev–Trinajstić information content (AvgIpc) is 3.07. The second-order valence-corrected chi connectivity index (χ2v) is 6.44. The van der Waals surface area contributed by atoms with E-state index in [2.05, 4.69) is 27.1 Å². The average molecular weight is 399 g/mol. The number of nitrogens with one attached hydrogen (secondary N) is 1. The number of anilines is 1. The van der Waals surface area contributed by atoms with E-state index < -0.39 is 0 Å². The van der Waals surface area contributed by atoms with Crippen LogP contribution in [0.25, 0.3) is 11.7 Å². The molecule has 0 aliphatic rings. The zero-order valence-corrected chi connectivity index (χ0v) is 16.0. The lowest BCUT2D eigenvalue weighted by Crippen LogP contribution is -2.07. The highest BCUT2D eigenvalue weighted by Crippen LogP contribution is 2.19. The van der Waals surface area contributed by atoms with Gasteiger partial charge in [0.2, 0.25) is 5.91 Å². The van der Waals surface area contributed by atoms with Crippen molar-refractivity contribution in [2.75, 3.05) is 5.32 Å². The van der Waals surface area contributed by atoms with Crippen molar-refractivity contribution in [1.82, 2.24) is 14.4 Å². The Hall–Kier alpha value is -3.88. The molecule has 29 heavy (non-hydrogen) atoms. The van der Waals surface area contributed by atoms with Crippen LogP contribution in [0.4, 0.5) is 5.69 Å². The van der Waals surface area contributed by atoms with Crippen molar-refractivity contribution in [3.05, 3.63) is 101 Å². The third-order valence-electron chi connectivity index (χ3n) is 4.04. The van der Waals surface area contributed by atoms with Gasteiger partial charge in [0.25, 0.3) is 0 Å². The summed E-state index contributed by atoms with van der Waals surface area (Å²) in [6, 6.07) is 18.5. The molecule has 0 aliphatic heterocycles. The molecule has 0 spiro atoms. The van der Waals surface area contributed by atoms with Crippen LogP contribution >= 0.6 is 11.6 Å². The van der Waals surface area contributed by atoms with Gasteiger partial charge in [-0.2, -0.15) is 0 Å². The molecule has 1 amide bonds. The molecule has 6 heteroatoms. The molecule has 0 bridgehead atoms. The Labute approximate surface area is 172 Å². The fraction of sp³-hybridized carbons (Fsp3) is 0. The molecule has 4 aromatic rings. The SMILES string of the molecule is O=C(/C=C/c1c(Cl)nc2ccccn12)Nc1cccc(C#Cc2ccccn2)c1. The third kappa shape index (κ3) is 4.52. The number of pyridine rings is 2. The van der Waals surface area contributed by atoms with Crippen molar-refractivity contribution < 1.29 is 4.79 Å². The first-order chi connectivity index (χ1) is 14.2. The van der Waals surface area contributed by atoms with Crippen molar-refractivity contribution >= 4 is 34.9 Å². The van der Waals surface area contributed by atoms with Crippen LogP contribution in [0.3, 0.4) is 0 Å². The first-order valence-electron chi connectivity index (χ1n) is 8.84. The fourth-order valence-electron chi connectivity index (χ4n) is 2.72. The summed E-state index contributed by atoms with van der Waals surface area (Å²) in [6.45, 7) is 0. The first kappa shape index (κ1) is 18.5. The van der Waals surface area contributed by atoms with Gasteiger partial charge in [0.05, 0.1) is 5.69 Å². The van der Waals surface area contributed by atoms with Crippen molar-refractivity contribution in [3.8, 4) is 11.8 Å². The summed E-state index contributed by atoms with van der Waals surface area (Å²) >= 11 is 6.18. The maximum atomic E-state index is 12.3. The molecule has 3 heterocycles. The topological polar surface area (TPSA) is 59.3 Å². The first-order valence-corrected chi connectivity index (χ1v) is 9.21. The second kappa shape index (κ2) is 8.42. The van der Waals surface area contributed by atoms with Gasteiger partial charge in [-0.3, -0.25) is 9.20 Å². The van der Waals surface area contributed by atoms with E-state index in [0.717, 1.165) is 11.2 Å². The number of imidazole rings is 1. The molecule has 3 aromatic heterocycles. The van der Waals surface area contributed by atoms with Gasteiger partial charge < -0.3 is 5.32 Å². The number of nitrogens with zero attached hydrogens (tertiary/aromatic N) is 3. The van der Waals surface area contributed by atoms with Crippen molar-refractivity contribution in [3.63, 3.8) is 0 Å². The monoisotopic (exact) mass is 398 g/mol. The lowest BCUT2D eigenvalue weighted by molar-refractivity contribution is -0.111. The molecule has 1 aromatic carbocycles. The summed E-state index contributed by atoms with van der Waals surface area (Å²) in [5, 5.41) is 3.17. The van der Waals surface area contributed by atoms with Crippen LogP contribution in [0.1, 0.15) is 17.0 Å². The maximum absolute atomic E-state index is 12.3. The Balaban J connectivity index is 1.48. The number of carbonyl (C=O) groups is 1. The number of hydrogen-bond donors (Lipinski definition) is 1. The summed E-state index contributed by atoms with van der Waals surface area (Å²) in [5.41, 5.74) is 3.48. The summed E-state index contributed by atoms with van der Waals surface area (Å²) in [5.74, 6) is 5.77. The summed E-state index contributed by atoms with van der Waals surface area (Å²) < 4.78 is 1.82. The zero-order valence-electron chi connectivity index (χ0n) is 15.2. The molecule has 0 saturated carbocycles. The quantitative estimate of drug-likeness (QED) is 0.410. The molecular formula is C23H15ClN4O. The molecule has 0 fully saturated rings. The Morgan fingerprint density at radius 1 is 1.07 bits per heavy atom. The van der Waals surface area contributed by atoms with E-state index in [9.17, 15) is 4.79 Å². The van der Waals surface area contributed by atoms with E-state index >= 15 is 0 Å². The standard InChI is InChI=1S/C23H15ClN4O/c24-23-20(28-15-4-2-9-21(28)27-23)12-13-22(29)26-19-8-5-6-17(16-19)10-11-18-7-1-3-14-25-18/h1-9,12-16H,(H,26,29)/b13-12+. The summed E-state index contributed by atoms with van der Waals surface area (Å²) in [7, 11) is 0. The van der Waals surface area contributed by atoms with E-state index in [4.69, 9.17) is 11.6 Å². The van der Waals surface area contributed by atoms with Crippen LogP contribution in [0.15, 0.2) is 79.1 Å². The van der Waals surface area contributed by atoms with E-state index in [1.807, 2.05) is 65.2 Å². The zero-order chi connectivity index (χ0) is 20.1. The molecule has 0 atom stereocenters. The lowest BCUT2D eigenvalue weighted by atomic mass is 10.2. The van der Waals surface area contributed by atoms with E-state index in [0.29, 0.717) is 22.2 Å². The Morgan fingerprint density at radius 2 is 1.97 bits per heavy atom. The van der Waals surface area contributed by atoms with E-state index in [1.165, 1.54) is 6.08 Å². The van der Waals surface area contributed by atoms with Crippen LogP contribution in [0.2, 0.25) is 5.15 Å². The number of aromatic nitrogens is 3. The molecule has 1 N–H and O–H groups in total. The predicted octanol–water partition coefficient (Wildman–Crippen LogP) is 4.43. The molecule has 5 nitrogen and oxygen atoms in total. The van der Waals surface area contributed by atoms with Crippen LogP contribution in [0, 0.1) is 11.8 Å². The van der Waals surface area contributed by atoms with Gasteiger partial charge in [-0.05, 0) is 54.5 Å². The lowest BCUT2D eigenvalue weighted by Gasteiger charge is -2.02. The van der Waals surface area contributed by atoms with Crippen LogP contribution < -0.4 is 5.32 Å². The minimum atomic E-state index is -0.276. The van der Waals surface area contributed by atoms with Gasteiger partial charge in [0.1, 0.15) is 11.3 Å². The number of hydrogen-bond acceptors (Lipinski definition) is 3. The number of benzene rings is 1. The molecule has 140 valence electrons. The highest BCUT2D eigenvalue weighted by molar-refractivity contribution is 6.31. The number of amides is 1. The predicted molar refractivity (Wildman–Crippen MR) is 115 cm³/mol. The Morgan fingerprint density at radius 3 is 2.83 bits per heavy atom. The van der Waals surface area contributed by atoms with Crippen LogP contribution in [-0.4, -0.2) is 20.3 Å². The normalized spacial score (nSPS) is 10.7. The van der Waals surface area contributed by atoms with Gasteiger partial charge >= 0.3 is 0 Å². The van der Waals surface area contributed by atoms with Gasteiger partial charge in [0, 0.05) is 29.7 Å². The summed E-state index contributed by atoms with van der Waals surface area (Å²) in [6.07, 6.45) is 6.61. The molecule has 0 saturated heterocycles. The van der Waals surface area contributed by atoms with Gasteiger partial charge in [0.15, 0.2) is 5.15 Å². The van der Waals surface area contributed by atoms with Gasteiger partial charge in [-0.1, -0.05) is 35.7 Å². The number of carbonyl (C=O) groups excluding carboxylic acids is 1. The smallest absolute Gasteiger partial charge is 0.248 e. The minimum absolute atomic E-state index is 0.276. The Bertz CT molecular complexity index is 1270. The fourth-order valence-corrected chi connectivity index (χ4v) is 2.96. The maximum Gasteiger partial charge on any atom is 0.248 e. The molecule has 0 aliphatic carbocycles. The molecular weight excluding hydrogens is 384 g/mol. The van der Waals surface area contributed by atoms with E-state index in [-0.39, 0.29) is 5.91 Å². The summed E-state index contributed by atoms with van der Waals surface area (Å²) in [4.78, 5) is 20.8. The van der Waals surface area contributed by atoms with E-state index in [1.54, 1.807) is 18.3 Å². The highest BCUT2D eigenvalue weighted by atomic mass is 35.5. The highest BCUT2D eigenvalue weighted by Gasteiger charge is 2.07. The third-order valence-corrected chi connectivity index (χ3v) is 4.32. The molecule has 0 unspecified atom stereocenters. The minimum Gasteiger partial charge on any atom is -0.322 e. The van der Waals surface area contributed by atoms with Crippen molar-refractivity contribution in [1.29, 1.82) is 0 Å². The second-order valence-electron chi connectivity index (χ2n) is 6.09. The Kier molecular flexibility index (Phi) is 5.37. The number of rotatable bonds is 3. The number of halogens is 1.